The van der Waals surface area contributed by atoms with Crippen LogP contribution < -0.4 is 4.90 Å². The summed E-state index contributed by atoms with van der Waals surface area (Å²) < 4.78 is 2.61. The Morgan fingerprint density at radius 1 is 0.345 bits per heavy atom. The molecule has 0 atom stereocenters. The summed E-state index contributed by atoms with van der Waals surface area (Å²) in [5.74, 6) is 0. The van der Waals surface area contributed by atoms with E-state index in [1.54, 1.807) is 0 Å². The Labute approximate surface area is 325 Å². The largest absolute Gasteiger partial charge is 0.310 e. The van der Waals surface area contributed by atoms with Gasteiger partial charge in [-0.1, -0.05) is 164 Å². The predicted octanol–water partition coefficient (Wildman–Crippen LogP) is 14.7. The van der Waals surface area contributed by atoms with Crippen LogP contribution in [0.3, 0.4) is 0 Å². The Hall–Kier alpha value is -6.74. The first-order valence-electron chi connectivity index (χ1n) is 18.9. The summed E-state index contributed by atoms with van der Waals surface area (Å²) in [5.41, 5.74) is 13.0. The zero-order valence-corrected chi connectivity index (χ0v) is 30.9. The van der Waals surface area contributed by atoms with Crippen LogP contribution in [0.15, 0.2) is 212 Å². The molecule has 0 bridgehead atoms. The van der Waals surface area contributed by atoms with Gasteiger partial charge in [0.2, 0.25) is 0 Å². The molecule has 10 aromatic rings. The highest BCUT2D eigenvalue weighted by atomic mass is 32.1. The lowest BCUT2D eigenvalue weighted by Crippen LogP contribution is -2.28. The van der Waals surface area contributed by atoms with E-state index in [2.05, 4.69) is 217 Å². The van der Waals surface area contributed by atoms with Crippen LogP contribution in [0.1, 0.15) is 22.3 Å². The van der Waals surface area contributed by atoms with Crippen molar-refractivity contribution in [2.24, 2.45) is 0 Å². The molecule has 0 N–H and O–H groups in total. The molecule has 0 amide bonds. The van der Waals surface area contributed by atoms with Gasteiger partial charge in [0.15, 0.2) is 0 Å². The Morgan fingerprint density at radius 3 is 1.76 bits per heavy atom. The summed E-state index contributed by atoms with van der Waals surface area (Å²) in [4.78, 5) is 2.46. The van der Waals surface area contributed by atoms with E-state index in [1.165, 1.54) is 75.5 Å². The summed E-state index contributed by atoms with van der Waals surface area (Å²) in [6.07, 6.45) is 0. The monoisotopic (exact) mass is 717 g/mol. The van der Waals surface area contributed by atoms with Gasteiger partial charge in [0.05, 0.1) is 5.41 Å². The molecule has 1 aliphatic rings. The van der Waals surface area contributed by atoms with Crippen LogP contribution in [0.4, 0.5) is 17.1 Å². The summed E-state index contributed by atoms with van der Waals surface area (Å²) in [6, 6.07) is 78.4. The maximum absolute atomic E-state index is 2.47. The van der Waals surface area contributed by atoms with Crippen molar-refractivity contribution in [1.29, 1.82) is 0 Å². The van der Waals surface area contributed by atoms with Crippen molar-refractivity contribution in [2.45, 2.75) is 5.41 Å². The minimum atomic E-state index is -0.492. The normalized spacial score (nSPS) is 12.9. The van der Waals surface area contributed by atoms with Crippen molar-refractivity contribution >= 4 is 59.3 Å². The molecule has 1 aromatic heterocycles. The van der Waals surface area contributed by atoms with Crippen LogP contribution in [-0.4, -0.2) is 0 Å². The molecule has 2 heteroatoms. The Morgan fingerprint density at radius 2 is 0.927 bits per heavy atom. The fourth-order valence-electron chi connectivity index (χ4n) is 9.16. The Bertz CT molecular complexity index is 3000. The molecule has 0 radical (unpaired) electrons. The molecule has 258 valence electrons. The van der Waals surface area contributed by atoms with Gasteiger partial charge in [-0.05, 0) is 104 Å². The van der Waals surface area contributed by atoms with Gasteiger partial charge in [-0.3, -0.25) is 0 Å². The van der Waals surface area contributed by atoms with Gasteiger partial charge in [0, 0.05) is 37.2 Å². The summed E-state index contributed by atoms with van der Waals surface area (Å²) in [5, 5.41) is 5.08. The van der Waals surface area contributed by atoms with E-state index in [0.29, 0.717) is 0 Å². The van der Waals surface area contributed by atoms with Crippen LogP contribution >= 0.6 is 11.3 Å². The van der Waals surface area contributed by atoms with Crippen LogP contribution in [0.5, 0.6) is 0 Å². The number of hydrogen-bond acceptors (Lipinski definition) is 2. The van der Waals surface area contributed by atoms with Gasteiger partial charge in [-0.15, -0.1) is 11.3 Å². The van der Waals surface area contributed by atoms with Crippen molar-refractivity contribution in [3.63, 3.8) is 0 Å². The second-order valence-electron chi connectivity index (χ2n) is 14.4. The molecule has 9 aromatic carbocycles. The lowest BCUT2D eigenvalue weighted by Gasteiger charge is -2.35. The highest BCUT2D eigenvalue weighted by molar-refractivity contribution is 7.25. The first kappa shape index (κ1) is 31.8. The van der Waals surface area contributed by atoms with E-state index < -0.39 is 5.41 Å². The molecule has 0 saturated carbocycles. The van der Waals surface area contributed by atoms with Crippen molar-refractivity contribution in [1.82, 2.24) is 0 Å². The number of nitrogens with zero attached hydrogens (tertiary/aromatic N) is 1. The van der Waals surface area contributed by atoms with E-state index in [9.17, 15) is 0 Å². The third-order valence-electron chi connectivity index (χ3n) is 11.5. The smallest absolute Gasteiger partial charge is 0.0714 e. The van der Waals surface area contributed by atoms with Gasteiger partial charge in [-0.2, -0.15) is 0 Å². The molecule has 0 fully saturated rings. The lowest BCUT2D eigenvalue weighted by atomic mass is 9.67. The molecular formula is C53H35NS. The quantitative estimate of drug-likeness (QED) is 0.166. The lowest BCUT2D eigenvalue weighted by molar-refractivity contribution is 0.768. The maximum Gasteiger partial charge on any atom is 0.0714 e. The van der Waals surface area contributed by atoms with Gasteiger partial charge in [0.1, 0.15) is 0 Å². The SMILES string of the molecule is c1ccc(C2(c3ccccc3)c3ccccc3-c3ccc(N(c4cccc(-c5cccc6ccccc56)c4)c4ccc5sc6ccccc6c5c4)cc32)cc1. The fraction of sp³-hybridized carbons (Fsp3) is 0.0189. The number of hydrogen-bond donors (Lipinski definition) is 0. The van der Waals surface area contributed by atoms with Crippen molar-refractivity contribution in [3.05, 3.63) is 235 Å². The predicted molar refractivity (Wildman–Crippen MR) is 234 cm³/mol. The molecule has 0 saturated heterocycles. The average molecular weight is 718 g/mol. The van der Waals surface area contributed by atoms with E-state index >= 15 is 0 Å². The summed E-state index contributed by atoms with van der Waals surface area (Å²) >= 11 is 1.86. The first-order chi connectivity index (χ1) is 27.3. The van der Waals surface area contributed by atoms with Gasteiger partial charge < -0.3 is 4.90 Å². The van der Waals surface area contributed by atoms with Gasteiger partial charge in [-0.25, -0.2) is 0 Å². The molecule has 1 nitrogen and oxygen atoms in total. The topological polar surface area (TPSA) is 3.24 Å². The highest BCUT2D eigenvalue weighted by Gasteiger charge is 2.46. The standard InChI is InChI=1S/C53H35NS/c1-3-18-38(19-4-1)53(39-20-5-2-6-21-39)49-27-11-9-24-45(49)46-31-29-42(35-50(46)53)54(41-30-32-52-48(34-41)47-25-10-12-28-51(47)55-52)40-22-13-17-37(33-40)44-26-14-16-36-15-7-8-23-43(36)44/h1-35H. The van der Waals surface area contributed by atoms with Crippen LogP contribution in [0, 0.1) is 0 Å². The third kappa shape index (κ3) is 4.92. The summed E-state index contributed by atoms with van der Waals surface area (Å²) in [7, 11) is 0. The third-order valence-corrected chi connectivity index (χ3v) is 12.7. The Kier molecular flexibility index (Phi) is 7.33. The number of anilines is 3. The number of rotatable bonds is 6. The zero-order chi connectivity index (χ0) is 36.3. The van der Waals surface area contributed by atoms with Crippen molar-refractivity contribution < 1.29 is 0 Å². The highest BCUT2D eigenvalue weighted by Crippen LogP contribution is 2.57. The van der Waals surface area contributed by atoms with Crippen molar-refractivity contribution in [2.75, 3.05) is 4.90 Å². The number of thiophene rings is 1. The molecular weight excluding hydrogens is 683 g/mol. The van der Waals surface area contributed by atoms with Gasteiger partial charge >= 0.3 is 0 Å². The van der Waals surface area contributed by atoms with Crippen LogP contribution in [0.2, 0.25) is 0 Å². The second-order valence-corrected chi connectivity index (χ2v) is 15.5. The van der Waals surface area contributed by atoms with E-state index in [-0.39, 0.29) is 0 Å². The summed E-state index contributed by atoms with van der Waals surface area (Å²) in [6.45, 7) is 0. The molecule has 0 aliphatic heterocycles. The van der Waals surface area contributed by atoms with E-state index in [4.69, 9.17) is 0 Å². The fourth-order valence-corrected chi connectivity index (χ4v) is 10.2. The molecule has 0 spiro atoms. The molecule has 11 rings (SSSR count). The van der Waals surface area contributed by atoms with Crippen molar-refractivity contribution in [3.8, 4) is 22.3 Å². The molecule has 55 heavy (non-hydrogen) atoms. The van der Waals surface area contributed by atoms with E-state index in [1.807, 2.05) is 11.3 Å². The van der Waals surface area contributed by atoms with Crippen LogP contribution in [-0.2, 0) is 5.41 Å². The molecule has 1 aliphatic carbocycles. The first-order valence-corrected chi connectivity index (χ1v) is 19.7. The minimum absolute atomic E-state index is 0.492. The molecule has 1 heterocycles. The Balaban J connectivity index is 1.18. The number of fused-ring (bicyclic) bond motifs is 7. The minimum Gasteiger partial charge on any atom is -0.310 e. The number of benzene rings is 9. The second kappa shape index (κ2) is 12.7. The van der Waals surface area contributed by atoms with Crippen LogP contribution in [0.25, 0.3) is 53.2 Å². The average Bonchev–Trinajstić information content (AvgIpc) is 3.78. The van der Waals surface area contributed by atoms with Gasteiger partial charge in [0.25, 0.3) is 0 Å². The zero-order valence-electron chi connectivity index (χ0n) is 30.1. The van der Waals surface area contributed by atoms with E-state index in [0.717, 1.165) is 17.1 Å². The molecule has 0 unspecified atom stereocenters. The maximum atomic E-state index is 2.47.